The summed E-state index contributed by atoms with van der Waals surface area (Å²) in [5.74, 6) is 0.0515. The van der Waals surface area contributed by atoms with Crippen molar-refractivity contribution in [3.63, 3.8) is 0 Å². The number of rotatable bonds is 11. The molecule has 214 valence electrons. The Morgan fingerprint density at radius 1 is 0.902 bits per heavy atom. The van der Waals surface area contributed by atoms with Crippen molar-refractivity contribution < 1.29 is 23.9 Å². The van der Waals surface area contributed by atoms with Crippen LogP contribution in [0, 0.1) is 0 Å². The number of esters is 1. The fourth-order valence-corrected chi connectivity index (χ4v) is 4.70. The Labute approximate surface area is 240 Å². The van der Waals surface area contributed by atoms with Crippen LogP contribution in [0.25, 0.3) is 5.70 Å². The number of ether oxygens (including phenoxy) is 2. The number of nitrogens with one attached hydrogen (secondary N) is 3. The maximum Gasteiger partial charge on any atom is 0.338 e. The Kier molecular flexibility index (Phi) is 9.99. The Morgan fingerprint density at radius 3 is 2.39 bits per heavy atom. The van der Waals surface area contributed by atoms with Gasteiger partial charge in [-0.1, -0.05) is 67.9 Å². The maximum absolute atomic E-state index is 13.5. The van der Waals surface area contributed by atoms with Crippen LogP contribution in [0.15, 0.2) is 84.4 Å². The van der Waals surface area contributed by atoms with Crippen molar-refractivity contribution in [1.29, 1.82) is 0 Å². The lowest BCUT2D eigenvalue weighted by molar-refractivity contribution is -0.138. The number of carbonyl (C=O) groups excluding carboxylic acids is 3. The van der Waals surface area contributed by atoms with Crippen molar-refractivity contribution in [2.75, 3.05) is 30.4 Å². The fraction of sp³-hybridized carbons (Fsp3) is 0.281. The molecule has 3 aromatic carbocycles. The fourth-order valence-electron chi connectivity index (χ4n) is 4.70. The quantitative estimate of drug-likeness (QED) is 0.232. The molecule has 0 saturated carbocycles. The molecule has 3 N–H and O–H groups in total. The van der Waals surface area contributed by atoms with Gasteiger partial charge in [0.1, 0.15) is 5.75 Å². The Hall–Kier alpha value is -4.79. The summed E-state index contributed by atoms with van der Waals surface area (Å²) in [5.41, 5.74) is 3.25. The van der Waals surface area contributed by atoms with Crippen LogP contribution in [0.2, 0.25) is 0 Å². The first kappa shape index (κ1) is 29.2. The van der Waals surface area contributed by atoms with E-state index in [1.165, 1.54) is 0 Å². The molecular formula is C32H36N4O5. The van der Waals surface area contributed by atoms with Crippen molar-refractivity contribution in [1.82, 2.24) is 10.2 Å². The maximum atomic E-state index is 13.5. The lowest BCUT2D eigenvalue weighted by atomic mass is 9.91. The van der Waals surface area contributed by atoms with Crippen LogP contribution < -0.4 is 20.7 Å². The summed E-state index contributed by atoms with van der Waals surface area (Å²) >= 11 is 0. The van der Waals surface area contributed by atoms with Gasteiger partial charge in [-0.25, -0.2) is 14.4 Å². The van der Waals surface area contributed by atoms with Crippen LogP contribution in [-0.4, -0.2) is 42.7 Å². The molecule has 0 fully saturated rings. The SMILES string of the molecule is CCCCN1C(=O)NC(c2cccc(NC(=O)Nc3ccccc3OCC)c2)C(C(=O)OCC)=C1c1ccccc1. The second-order valence-electron chi connectivity index (χ2n) is 9.37. The van der Waals surface area contributed by atoms with Crippen LogP contribution in [0.3, 0.4) is 0 Å². The molecule has 0 aliphatic carbocycles. The van der Waals surface area contributed by atoms with Crippen molar-refractivity contribution in [3.05, 3.63) is 95.6 Å². The standard InChI is InChI=1S/C32H36N4O5/c1-4-7-20-36-29(22-14-9-8-10-15-22)27(30(37)41-6-3)28(35-32(36)39)23-16-13-17-24(21-23)33-31(38)34-25-18-11-12-19-26(25)40-5-2/h8-19,21,28H,4-7,20H2,1-3H3,(H,35,39)(H2,33,34,38). The summed E-state index contributed by atoms with van der Waals surface area (Å²) in [4.78, 5) is 41.5. The molecule has 1 aliphatic rings. The zero-order valence-corrected chi connectivity index (χ0v) is 23.6. The highest BCUT2D eigenvalue weighted by atomic mass is 16.5. The number of urea groups is 2. The van der Waals surface area contributed by atoms with Gasteiger partial charge in [-0.3, -0.25) is 4.90 Å². The first-order valence-electron chi connectivity index (χ1n) is 13.9. The second kappa shape index (κ2) is 14.0. The van der Waals surface area contributed by atoms with E-state index >= 15 is 0 Å². The van der Waals surface area contributed by atoms with Gasteiger partial charge in [-0.15, -0.1) is 0 Å². The summed E-state index contributed by atoms with van der Waals surface area (Å²) in [6.45, 7) is 6.77. The van der Waals surface area contributed by atoms with Crippen molar-refractivity contribution in [2.45, 2.75) is 39.7 Å². The van der Waals surface area contributed by atoms with Crippen molar-refractivity contribution in [3.8, 4) is 5.75 Å². The lowest BCUT2D eigenvalue weighted by Crippen LogP contribution is -2.48. The predicted octanol–water partition coefficient (Wildman–Crippen LogP) is 6.57. The van der Waals surface area contributed by atoms with Gasteiger partial charge in [0.05, 0.1) is 36.2 Å². The summed E-state index contributed by atoms with van der Waals surface area (Å²) in [6, 6.07) is 22.1. The number of hydrogen-bond donors (Lipinski definition) is 3. The minimum Gasteiger partial charge on any atom is -0.492 e. The first-order valence-corrected chi connectivity index (χ1v) is 13.9. The summed E-state index contributed by atoms with van der Waals surface area (Å²) in [7, 11) is 0. The molecule has 0 aromatic heterocycles. The number of hydrogen-bond acceptors (Lipinski definition) is 5. The van der Waals surface area contributed by atoms with Crippen LogP contribution >= 0.6 is 0 Å². The average molecular weight is 557 g/mol. The minimum atomic E-state index is -0.793. The molecule has 4 rings (SSSR count). The van der Waals surface area contributed by atoms with Crippen molar-refractivity contribution >= 4 is 35.1 Å². The summed E-state index contributed by atoms with van der Waals surface area (Å²) < 4.78 is 11.1. The Balaban J connectivity index is 1.70. The van der Waals surface area contributed by atoms with Gasteiger partial charge >= 0.3 is 18.0 Å². The van der Waals surface area contributed by atoms with Crippen LogP contribution in [-0.2, 0) is 9.53 Å². The van der Waals surface area contributed by atoms with E-state index in [9.17, 15) is 14.4 Å². The van der Waals surface area contributed by atoms with Gasteiger partial charge < -0.3 is 25.4 Å². The molecular weight excluding hydrogens is 520 g/mol. The molecule has 9 nitrogen and oxygen atoms in total. The van der Waals surface area contributed by atoms with Gasteiger partial charge in [0.15, 0.2) is 0 Å². The number of carbonyl (C=O) groups is 3. The molecule has 9 heteroatoms. The number of para-hydroxylation sites is 2. The molecule has 0 spiro atoms. The number of unbranched alkanes of at least 4 members (excludes halogenated alkanes) is 1. The zero-order valence-electron chi connectivity index (χ0n) is 23.6. The zero-order chi connectivity index (χ0) is 29.2. The average Bonchev–Trinajstić information content (AvgIpc) is 2.98. The number of benzene rings is 3. The highest BCUT2D eigenvalue weighted by Gasteiger charge is 2.38. The molecule has 1 unspecified atom stereocenters. The minimum absolute atomic E-state index is 0.186. The van der Waals surface area contributed by atoms with Crippen LogP contribution in [0.4, 0.5) is 21.0 Å². The lowest BCUT2D eigenvalue weighted by Gasteiger charge is -2.37. The van der Waals surface area contributed by atoms with Gasteiger partial charge in [0.2, 0.25) is 0 Å². The highest BCUT2D eigenvalue weighted by Crippen LogP contribution is 2.37. The van der Waals surface area contributed by atoms with Crippen LogP contribution in [0.1, 0.15) is 50.8 Å². The Morgan fingerprint density at radius 2 is 1.66 bits per heavy atom. The molecule has 1 atom stereocenters. The monoisotopic (exact) mass is 556 g/mol. The first-order chi connectivity index (χ1) is 20.0. The Bertz CT molecular complexity index is 1410. The molecule has 1 aliphatic heterocycles. The normalized spacial score (nSPS) is 14.8. The molecule has 0 saturated heterocycles. The van der Waals surface area contributed by atoms with E-state index in [1.54, 1.807) is 42.2 Å². The molecule has 4 amide bonds. The van der Waals surface area contributed by atoms with Crippen LogP contribution in [0.5, 0.6) is 5.75 Å². The topological polar surface area (TPSA) is 109 Å². The summed E-state index contributed by atoms with van der Waals surface area (Å²) in [6.07, 6.45) is 1.65. The third-order valence-corrected chi connectivity index (χ3v) is 6.52. The highest BCUT2D eigenvalue weighted by molar-refractivity contribution is 6.05. The van der Waals surface area contributed by atoms with E-state index in [0.717, 1.165) is 18.4 Å². The van der Waals surface area contributed by atoms with E-state index in [0.29, 0.717) is 47.1 Å². The third-order valence-electron chi connectivity index (χ3n) is 6.52. The van der Waals surface area contributed by atoms with E-state index in [1.807, 2.05) is 62.4 Å². The smallest absolute Gasteiger partial charge is 0.338 e. The van der Waals surface area contributed by atoms with Crippen molar-refractivity contribution in [2.24, 2.45) is 0 Å². The van der Waals surface area contributed by atoms with E-state index in [4.69, 9.17) is 9.47 Å². The molecule has 1 heterocycles. The van der Waals surface area contributed by atoms with Gasteiger partial charge in [-0.2, -0.15) is 0 Å². The largest absolute Gasteiger partial charge is 0.492 e. The second-order valence-corrected chi connectivity index (χ2v) is 9.37. The molecule has 0 radical (unpaired) electrons. The van der Waals surface area contributed by atoms with Gasteiger partial charge in [0.25, 0.3) is 0 Å². The molecule has 3 aromatic rings. The predicted molar refractivity (Wildman–Crippen MR) is 160 cm³/mol. The molecule has 0 bridgehead atoms. The van der Waals surface area contributed by atoms with Gasteiger partial charge in [-0.05, 0) is 55.7 Å². The van der Waals surface area contributed by atoms with E-state index in [-0.39, 0.29) is 12.6 Å². The summed E-state index contributed by atoms with van der Waals surface area (Å²) in [5, 5.41) is 8.66. The van der Waals surface area contributed by atoms with E-state index in [2.05, 4.69) is 16.0 Å². The number of nitrogens with zero attached hydrogens (tertiary/aromatic N) is 1. The number of amides is 4. The molecule has 41 heavy (non-hydrogen) atoms. The van der Waals surface area contributed by atoms with E-state index < -0.39 is 18.0 Å². The number of anilines is 2. The van der Waals surface area contributed by atoms with Gasteiger partial charge in [0, 0.05) is 12.2 Å². The third kappa shape index (κ3) is 7.05.